The highest BCUT2D eigenvalue weighted by molar-refractivity contribution is 7.92. The van der Waals surface area contributed by atoms with Crippen LogP contribution >= 0.6 is 0 Å². The van der Waals surface area contributed by atoms with Crippen molar-refractivity contribution in [3.63, 3.8) is 0 Å². The lowest BCUT2D eigenvalue weighted by atomic mass is 9.90. The second-order valence-electron chi connectivity index (χ2n) is 6.02. The van der Waals surface area contributed by atoms with Gasteiger partial charge < -0.3 is 5.73 Å². The zero-order chi connectivity index (χ0) is 14.5. The highest BCUT2D eigenvalue weighted by Crippen LogP contribution is 2.22. The number of hydrogen-bond acceptors (Lipinski definition) is 4. The Bertz CT molecular complexity index is 346. The van der Waals surface area contributed by atoms with E-state index in [9.17, 15) is 8.42 Å². The first-order valence-electron chi connectivity index (χ1n) is 7.58. The van der Waals surface area contributed by atoms with Crippen LogP contribution in [0.1, 0.15) is 52.9 Å². The van der Waals surface area contributed by atoms with Gasteiger partial charge in [-0.15, -0.1) is 0 Å². The number of hydrogen-bond donors (Lipinski definition) is 1. The van der Waals surface area contributed by atoms with Crippen LogP contribution in [0.3, 0.4) is 0 Å². The normalized spacial score (nSPS) is 25.2. The molecule has 0 aromatic rings. The Hall–Kier alpha value is -0.130. The summed E-state index contributed by atoms with van der Waals surface area (Å²) >= 11 is 0. The minimum absolute atomic E-state index is 0.268. The predicted molar refractivity (Wildman–Crippen MR) is 81.0 cm³/mol. The fraction of sp³-hybridized carbons (Fsp3) is 1.00. The Kier molecular flexibility index (Phi) is 6.77. The molecule has 0 aromatic heterocycles. The molecule has 114 valence electrons. The number of nitrogens with two attached hydrogens (primary N) is 1. The minimum Gasteiger partial charge on any atom is -0.328 e. The summed E-state index contributed by atoms with van der Waals surface area (Å²) in [5, 5.41) is -0.268. The molecule has 1 saturated carbocycles. The van der Waals surface area contributed by atoms with Gasteiger partial charge in [0.15, 0.2) is 9.84 Å². The summed E-state index contributed by atoms with van der Waals surface area (Å²) in [6.07, 6.45) is 5.44. The van der Waals surface area contributed by atoms with Crippen LogP contribution in [-0.2, 0) is 9.84 Å². The highest BCUT2D eigenvalue weighted by atomic mass is 32.2. The third kappa shape index (κ3) is 5.40. The van der Waals surface area contributed by atoms with E-state index in [1.807, 2.05) is 0 Å². The van der Waals surface area contributed by atoms with Crippen molar-refractivity contribution in [3.8, 4) is 0 Å². The van der Waals surface area contributed by atoms with Crippen LogP contribution in [0.2, 0.25) is 0 Å². The van der Waals surface area contributed by atoms with E-state index in [-0.39, 0.29) is 11.0 Å². The third-order valence-corrected chi connectivity index (χ3v) is 6.34. The summed E-state index contributed by atoms with van der Waals surface area (Å²) in [7, 11) is -2.93. The number of nitrogens with zero attached hydrogens (tertiary/aromatic N) is 1. The summed E-state index contributed by atoms with van der Waals surface area (Å²) < 4.78 is 23.9. The summed E-state index contributed by atoms with van der Waals surface area (Å²) in [4.78, 5) is 2.37. The molecule has 2 N–H and O–H groups in total. The quantitative estimate of drug-likeness (QED) is 0.776. The van der Waals surface area contributed by atoms with Gasteiger partial charge in [0.25, 0.3) is 0 Å². The Morgan fingerprint density at radius 3 is 2.21 bits per heavy atom. The van der Waals surface area contributed by atoms with Crippen LogP contribution in [0.25, 0.3) is 0 Å². The average Bonchev–Trinajstić information content (AvgIpc) is 2.35. The van der Waals surface area contributed by atoms with Gasteiger partial charge in [-0.3, -0.25) is 4.90 Å². The van der Waals surface area contributed by atoms with Crippen molar-refractivity contribution >= 4 is 9.84 Å². The van der Waals surface area contributed by atoms with Crippen molar-refractivity contribution in [1.29, 1.82) is 0 Å². The van der Waals surface area contributed by atoms with Crippen LogP contribution in [0.4, 0.5) is 0 Å². The van der Waals surface area contributed by atoms with Crippen molar-refractivity contribution in [2.24, 2.45) is 5.73 Å². The van der Waals surface area contributed by atoms with Gasteiger partial charge >= 0.3 is 0 Å². The van der Waals surface area contributed by atoms with Gasteiger partial charge in [-0.2, -0.15) is 0 Å². The fourth-order valence-corrected chi connectivity index (χ4v) is 3.67. The van der Waals surface area contributed by atoms with Crippen molar-refractivity contribution in [2.75, 3.05) is 18.8 Å². The molecule has 1 fully saturated rings. The predicted octanol–water partition coefficient (Wildman–Crippen LogP) is 1.79. The Labute approximate surface area is 118 Å². The molecule has 1 aliphatic carbocycles. The van der Waals surface area contributed by atoms with Crippen molar-refractivity contribution in [1.82, 2.24) is 4.90 Å². The lowest BCUT2D eigenvalue weighted by Crippen LogP contribution is -2.43. The summed E-state index contributed by atoms with van der Waals surface area (Å²) in [5.41, 5.74) is 5.94. The largest absolute Gasteiger partial charge is 0.328 e. The molecule has 0 radical (unpaired) electrons. The molecule has 0 unspecified atom stereocenters. The molecule has 19 heavy (non-hydrogen) atoms. The molecule has 0 atom stereocenters. The topological polar surface area (TPSA) is 63.4 Å². The van der Waals surface area contributed by atoms with E-state index in [0.717, 1.165) is 38.6 Å². The molecule has 0 aliphatic heterocycles. The molecular weight excluding hydrogens is 260 g/mol. The van der Waals surface area contributed by atoms with Gasteiger partial charge in [0.2, 0.25) is 0 Å². The molecule has 5 heteroatoms. The second-order valence-corrected chi connectivity index (χ2v) is 8.70. The average molecular weight is 290 g/mol. The SMILES string of the molecule is CCCN(CCS(=O)(=O)C(C)C)C1CCC(N)CC1. The first-order chi connectivity index (χ1) is 8.86. The zero-order valence-corrected chi connectivity index (χ0v) is 13.5. The van der Waals surface area contributed by atoms with E-state index >= 15 is 0 Å². The Balaban J connectivity index is 2.53. The van der Waals surface area contributed by atoms with E-state index in [0.29, 0.717) is 18.6 Å². The molecule has 1 aliphatic rings. The molecule has 0 aromatic carbocycles. The second kappa shape index (κ2) is 7.60. The van der Waals surface area contributed by atoms with E-state index in [1.54, 1.807) is 13.8 Å². The summed E-state index contributed by atoms with van der Waals surface area (Å²) in [5.74, 6) is 0.285. The molecule has 0 spiro atoms. The van der Waals surface area contributed by atoms with Gasteiger partial charge in [-0.1, -0.05) is 6.92 Å². The molecular formula is C14H30N2O2S. The maximum atomic E-state index is 11.9. The van der Waals surface area contributed by atoms with Crippen LogP contribution in [0.5, 0.6) is 0 Å². The molecule has 0 bridgehead atoms. The summed E-state index contributed by atoms with van der Waals surface area (Å²) in [6.45, 7) is 7.35. The van der Waals surface area contributed by atoms with E-state index in [1.165, 1.54) is 0 Å². The van der Waals surface area contributed by atoms with Crippen molar-refractivity contribution < 1.29 is 8.42 Å². The minimum atomic E-state index is -2.93. The van der Waals surface area contributed by atoms with E-state index < -0.39 is 9.84 Å². The molecule has 1 rings (SSSR count). The van der Waals surface area contributed by atoms with E-state index in [4.69, 9.17) is 5.73 Å². The molecule has 0 heterocycles. The number of sulfone groups is 1. The van der Waals surface area contributed by atoms with Crippen LogP contribution < -0.4 is 5.73 Å². The monoisotopic (exact) mass is 290 g/mol. The van der Waals surface area contributed by atoms with Gasteiger partial charge in [-0.05, 0) is 52.5 Å². The smallest absolute Gasteiger partial charge is 0.153 e. The van der Waals surface area contributed by atoms with Gasteiger partial charge in [-0.25, -0.2) is 8.42 Å². The van der Waals surface area contributed by atoms with Crippen molar-refractivity contribution in [2.45, 2.75) is 70.2 Å². The third-order valence-electron chi connectivity index (χ3n) is 4.15. The Morgan fingerprint density at radius 2 is 1.74 bits per heavy atom. The first kappa shape index (κ1) is 16.9. The lowest BCUT2D eigenvalue weighted by molar-refractivity contribution is 0.158. The van der Waals surface area contributed by atoms with Gasteiger partial charge in [0.05, 0.1) is 11.0 Å². The zero-order valence-electron chi connectivity index (χ0n) is 12.6. The van der Waals surface area contributed by atoms with Crippen LogP contribution in [-0.4, -0.2) is 49.5 Å². The maximum Gasteiger partial charge on any atom is 0.153 e. The van der Waals surface area contributed by atoms with Gasteiger partial charge in [0.1, 0.15) is 0 Å². The number of rotatable bonds is 7. The standard InChI is InChI=1S/C14H30N2O2S/c1-4-9-16(10-11-19(17,18)12(2)3)14-7-5-13(15)6-8-14/h12-14H,4-11,15H2,1-3H3. The first-order valence-corrected chi connectivity index (χ1v) is 9.29. The van der Waals surface area contributed by atoms with E-state index in [2.05, 4.69) is 11.8 Å². The molecule has 4 nitrogen and oxygen atoms in total. The molecule has 0 amide bonds. The van der Waals surface area contributed by atoms with Crippen LogP contribution in [0, 0.1) is 0 Å². The van der Waals surface area contributed by atoms with Gasteiger partial charge in [0, 0.05) is 18.6 Å². The van der Waals surface area contributed by atoms with Crippen LogP contribution in [0.15, 0.2) is 0 Å². The molecule has 0 saturated heterocycles. The lowest BCUT2D eigenvalue weighted by Gasteiger charge is -2.36. The van der Waals surface area contributed by atoms with Crippen molar-refractivity contribution in [3.05, 3.63) is 0 Å². The Morgan fingerprint density at radius 1 is 1.16 bits per heavy atom. The summed E-state index contributed by atoms with van der Waals surface area (Å²) in [6, 6.07) is 0.876. The highest BCUT2D eigenvalue weighted by Gasteiger charge is 2.25. The maximum absolute atomic E-state index is 11.9. The fourth-order valence-electron chi connectivity index (χ4n) is 2.71.